The molecule has 0 fully saturated rings. The summed E-state index contributed by atoms with van der Waals surface area (Å²) in [4.78, 5) is 10.2. The van der Waals surface area contributed by atoms with Gasteiger partial charge in [-0.3, -0.25) is 10.1 Å². The Labute approximate surface area is 119 Å². The molecule has 19 heavy (non-hydrogen) atoms. The van der Waals surface area contributed by atoms with Gasteiger partial charge in [-0.2, -0.15) is 0 Å². The number of nitro groups is 1. The molecule has 0 saturated heterocycles. The SMILES string of the molecule is CCCC(CCc1ccc([N+](=O)[O-])cc1Cl)NCC. The third kappa shape index (κ3) is 5.17. The van der Waals surface area contributed by atoms with E-state index in [0.29, 0.717) is 11.1 Å². The molecule has 0 amide bonds. The highest BCUT2D eigenvalue weighted by molar-refractivity contribution is 6.31. The second-order valence-corrected chi connectivity index (χ2v) is 5.02. The minimum Gasteiger partial charge on any atom is -0.314 e. The van der Waals surface area contributed by atoms with Crippen LogP contribution in [0, 0.1) is 10.1 Å². The van der Waals surface area contributed by atoms with Crippen molar-refractivity contribution in [3.05, 3.63) is 38.9 Å². The fourth-order valence-electron chi connectivity index (χ4n) is 2.17. The highest BCUT2D eigenvalue weighted by Gasteiger charge is 2.11. The van der Waals surface area contributed by atoms with E-state index in [0.717, 1.165) is 37.8 Å². The lowest BCUT2D eigenvalue weighted by molar-refractivity contribution is -0.384. The van der Waals surface area contributed by atoms with Crippen molar-refractivity contribution in [1.82, 2.24) is 5.32 Å². The first-order valence-corrected chi connectivity index (χ1v) is 7.12. The number of hydrogen-bond donors (Lipinski definition) is 1. The minimum absolute atomic E-state index is 0.0468. The summed E-state index contributed by atoms with van der Waals surface area (Å²) < 4.78 is 0. The summed E-state index contributed by atoms with van der Waals surface area (Å²) in [6.07, 6.45) is 4.12. The predicted octanol–water partition coefficient (Wildman–Crippen LogP) is 3.96. The van der Waals surface area contributed by atoms with E-state index in [1.807, 2.05) is 0 Å². The number of rotatable bonds is 8. The Morgan fingerprint density at radius 1 is 1.37 bits per heavy atom. The van der Waals surface area contributed by atoms with Crippen LogP contribution in [0.25, 0.3) is 0 Å². The number of halogens is 1. The molecule has 0 aliphatic heterocycles. The number of hydrogen-bond acceptors (Lipinski definition) is 3. The van der Waals surface area contributed by atoms with Gasteiger partial charge in [-0.1, -0.05) is 37.9 Å². The lowest BCUT2D eigenvalue weighted by Crippen LogP contribution is -2.29. The van der Waals surface area contributed by atoms with Crippen molar-refractivity contribution in [3.8, 4) is 0 Å². The average Bonchev–Trinajstić information content (AvgIpc) is 2.37. The molecule has 5 heteroatoms. The molecule has 0 aliphatic rings. The molecular weight excluding hydrogens is 264 g/mol. The molecule has 0 spiro atoms. The highest BCUT2D eigenvalue weighted by Crippen LogP contribution is 2.24. The number of aryl methyl sites for hydroxylation is 1. The largest absolute Gasteiger partial charge is 0.314 e. The van der Waals surface area contributed by atoms with Gasteiger partial charge < -0.3 is 5.32 Å². The maximum atomic E-state index is 10.6. The van der Waals surface area contributed by atoms with Crippen molar-refractivity contribution in [2.75, 3.05) is 6.54 Å². The summed E-state index contributed by atoms with van der Waals surface area (Å²) in [6.45, 7) is 5.23. The Morgan fingerprint density at radius 3 is 2.63 bits per heavy atom. The number of nitrogens with zero attached hydrogens (tertiary/aromatic N) is 1. The summed E-state index contributed by atoms with van der Waals surface area (Å²) in [5.74, 6) is 0. The predicted molar refractivity (Wildman–Crippen MR) is 78.8 cm³/mol. The third-order valence-corrected chi connectivity index (χ3v) is 3.49. The van der Waals surface area contributed by atoms with Gasteiger partial charge in [0.1, 0.15) is 0 Å². The van der Waals surface area contributed by atoms with Gasteiger partial charge >= 0.3 is 0 Å². The normalized spacial score (nSPS) is 12.4. The summed E-state index contributed by atoms with van der Waals surface area (Å²) >= 11 is 6.09. The van der Waals surface area contributed by atoms with E-state index < -0.39 is 4.92 Å². The van der Waals surface area contributed by atoms with Crippen LogP contribution in [0.15, 0.2) is 18.2 Å². The molecule has 1 N–H and O–H groups in total. The molecule has 1 aromatic rings. The van der Waals surface area contributed by atoms with Crippen molar-refractivity contribution in [2.24, 2.45) is 0 Å². The maximum Gasteiger partial charge on any atom is 0.270 e. The standard InChI is InChI=1S/C14H21ClN2O2/c1-3-5-12(16-4-2)8-6-11-7-9-13(17(18)19)10-14(11)15/h7,9-10,12,16H,3-6,8H2,1-2H3. The van der Waals surface area contributed by atoms with E-state index in [-0.39, 0.29) is 5.69 Å². The van der Waals surface area contributed by atoms with Crippen LogP contribution >= 0.6 is 11.6 Å². The van der Waals surface area contributed by atoms with Crippen molar-refractivity contribution < 1.29 is 4.92 Å². The molecule has 0 aromatic heterocycles. The first-order valence-electron chi connectivity index (χ1n) is 6.74. The number of non-ortho nitro benzene ring substituents is 1. The van der Waals surface area contributed by atoms with Crippen molar-refractivity contribution in [3.63, 3.8) is 0 Å². The zero-order valence-electron chi connectivity index (χ0n) is 11.5. The molecule has 4 nitrogen and oxygen atoms in total. The van der Waals surface area contributed by atoms with Crippen LogP contribution in [-0.4, -0.2) is 17.5 Å². The second-order valence-electron chi connectivity index (χ2n) is 4.61. The Morgan fingerprint density at radius 2 is 2.11 bits per heavy atom. The summed E-state index contributed by atoms with van der Waals surface area (Å²) in [6, 6.07) is 5.19. The first kappa shape index (κ1) is 15.9. The number of nitrogens with one attached hydrogen (secondary N) is 1. The van der Waals surface area contributed by atoms with Gasteiger partial charge in [0.05, 0.1) is 9.95 Å². The van der Waals surface area contributed by atoms with Gasteiger partial charge in [0, 0.05) is 18.2 Å². The van der Waals surface area contributed by atoms with Crippen LogP contribution < -0.4 is 5.32 Å². The highest BCUT2D eigenvalue weighted by atomic mass is 35.5. The number of nitro benzene ring substituents is 1. The molecule has 1 rings (SSSR count). The third-order valence-electron chi connectivity index (χ3n) is 3.14. The molecule has 0 bridgehead atoms. The Kier molecular flexibility index (Phi) is 6.81. The lowest BCUT2D eigenvalue weighted by Gasteiger charge is -2.17. The van der Waals surface area contributed by atoms with E-state index in [2.05, 4.69) is 19.2 Å². The average molecular weight is 285 g/mol. The quantitative estimate of drug-likeness (QED) is 0.581. The van der Waals surface area contributed by atoms with E-state index >= 15 is 0 Å². The van der Waals surface area contributed by atoms with E-state index in [1.165, 1.54) is 12.1 Å². The van der Waals surface area contributed by atoms with E-state index in [4.69, 9.17) is 11.6 Å². The Balaban J connectivity index is 2.63. The molecule has 0 heterocycles. The van der Waals surface area contributed by atoms with Crippen molar-refractivity contribution in [2.45, 2.75) is 45.6 Å². The van der Waals surface area contributed by atoms with Crippen LogP contribution in [0.5, 0.6) is 0 Å². The van der Waals surface area contributed by atoms with Gasteiger partial charge in [-0.25, -0.2) is 0 Å². The topological polar surface area (TPSA) is 55.2 Å². The second kappa shape index (κ2) is 8.12. The zero-order chi connectivity index (χ0) is 14.3. The van der Waals surface area contributed by atoms with Crippen LogP contribution in [-0.2, 0) is 6.42 Å². The van der Waals surface area contributed by atoms with Gasteiger partial charge in [-0.15, -0.1) is 0 Å². The molecule has 106 valence electrons. The monoisotopic (exact) mass is 284 g/mol. The van der Waals surface area contributed by atoms with E-state index in [1.54, 1.807) is 6.07 Å². The Bertz CT molecular complexity index is 418. The van der Waals surface area contributed by atoms with Gasteiger partial charge in [0.2, 0.25) is 0 Å². The minimum atomic E-state index is -0.422. The van der Waals surface area contributed by atoms with Gasteiger partial charge in [-0.05, 0) is 31.4 Å². The maximum absolute atomic E-state index is 10.6. The fourth-order valence-corrected chi connectivity index (χ4v) is 2.44. The first-order chi connectivity index (χ1) is 9.08. The van der Waals surface area contributed by atoms with E-state index in [9.17, 15) is 10.1 Å². The van der Waals surface area contributed by atoms with Gasteiger partial charge in [0.15, 0.2) is 0 Å². The van der Waals surface area contributed by atoms with Gasteiger partial charge in [0.25, 0.3) is 5.69 Å². The lowest BCUT2D eigenvalue weighted by atomic mass is 10.0. The number of benzene rings is 1. The van der Waals surface area contributed by atoms with Crippen LogP contribution in [0.1, 0.15) is 38.7 Å². The summed E-state index contributed by atoms with van der Waals surface area (Å²) in [7, 11) is 0. The molecule has 1 aromatic carbocycles. The van der Waals surface area contributed by atoms with Crippen LogP contribution in [0.3, 0.4) is 0 Å². The molecule has 1 atom stereocenters. The molecule has 0 aliphatic carbocycles. The fraction of sp³-hybridized carbons (Fsp3) is 0.571. The Hall–Kier alpha value is -1.13. The van der Waals surface area contributed by atoms with Crippen molar-refractivity contribution >= 4 is 17.3 Å². The molecular formula is C14H21ClN2O2. The smallest absolute Gasteiger partial charge is 0.270 e. The molecule has 0 radical (unpaired) electrons. The van der Waals surface area contributed by atoms with Crippen LogP contribution in [0.4, 0.5) is 5.69 Å². The summed E-state index contributed by atoms with van der Waals surface area (Å²) in [5.41, 5.74) is 1.02. The summed E-state index contributed by atoms with van der Waals surface area (Å²) in [5, 5.41) is 14.6. The van der Waals surface area contributed by atoms with Crippen LogP contribution in [0.2, 0.25) is 5.02 Å². The zero-order valence-corrected chi connectivity index (χ0v) is 12.2. The molecule has 0 saturated carbocycles. The van der Waals surface area contributed by atoms with Crippen molar-refractivity contribution in [1.29, 1.82) is 0 Å². The molecule has 1 unspecified atom stereocenters.